The molecular formula is C12H12BrN5O. The third kappa shape index (κ3) is 3.00. The quantitative estimate of drug-likeness (QED) is 0.644. The maximum Gasteiger partial charge on any atom is 0.300 e. The molecule has 2 rings (SSSR count). The van der Waals surface area contributed by atoms with E-state index in [0.29, 0.717) is 0 Å². The monoisotopic (exact) mass is 321 g/mol. The summed E-state index contributed by atoms with van der Waals surface area (Å²) in [6, 6.07) is 9.20. The molecule has 4 N–H and O–H groups in total. The molecule has 0 aliphatic heterocycles. The van der Waals surface area contributed by atoms with E-state index in [1.54, 1.807) is 10.7 Å². The van der Waals surface area contributed by atoms with Crippen molar-refractivity contribution in [2.75, 3.05) is 0 Å². The van der Waals surface area contributed by atoms with Crippen molar-refractivity contribution < 1.29 is 4.79 Å². The lowest BCUT2D eigenvalue weighted by atomic mass is 10.3. The van der Waals surface area contributed by atoms with E-state index in [2.05, 4.69) is 26.0 Å². The van der Waals surface area contributed by atoms with Crippen LogP contribution in [-0.4, -0.2) is 21.6 Å². The van der Waals surface area contributed by atoms with Gasteiger partial charge in [-0.05, 0) is 37.3 Å². The average Bonchev–Trinajstić information content (AvgIpc) is 2.72. The first-order valence-corrected chi connectivity index (χ1v) is 6.23. The van der Waals surface area contributed by atoms with Gasteiger partial charge in [0.15, 0.2) is 11.7 Å². The highest BCUT2D eigenvalue weighted by molar-refractivity contribution is 9.10. The number of amides is 1. The minimum absolute atomic E-state index is 0.203. The van der Waals surface area contributed by atoms with Crippen molar-refractivity contribution in [1.82, 2.24) is 9.78 Å². The molecule has 1 amide bonds. The fourth-order valence-electron chi connectivity index (χ4n) is 1.60. The standard InChI is InChI=1S/C12H12BrN5O/c1-7-6-10(11(19)16-12(14)15)17-18(7)9-4-2-8(13)3-5-9/h2-6H,1H3,(H4,14,15,16,19). The van der Waals surface area contributed by atoms with Crippen molar-refractivity contribution in [2.24, 2.45) is 16.5 Å². The number of halogens is 1. The van der Waals surface area contributed by atoms with Crippen LogP contribution in [0.2, 0.25) is 0 Å². The van der Waals surface area contributed by atoms with Gasteiger partial charge < -0.3 is 11.5 Å². The van der Waals surface area contributed by atoms with Crippen molar-refractivity contribution in [3.05, 3.63) is 46.2 Å². The normalized spacial score (nSPS) is 10.2. The summed E-state index contributed by atoms with van der Waals surface area (Å²) in [7, 11) is 0. The zero-order valence-corrected chi connectivity index (χ0v) is 11.8. The molecule has 0 fully saturated rings. The lowest BCUT2D eigenvalue weighted by molar-refractivity contribution is 0.0997. The van der Waals surface area contributed by atoms with Crippen molar-refractivity contribution >= 4 is 27.8 Å². The van der Waals surface area contributed by atoms with E-state index in [4.69, 9.17) is 11.5 Å². The SMILES string of the molecule is Cc1cc(C(=O)N=C(N)N)nn1-c1ccc(Br)cc1. The molecule has 19 heavy (non-hydrogen) atoms. The van der Waals surface area contributed by atoms with Gasteiger partial charge in [0.25, 0.3) is 0 Å². The van der Waals surface area contributed by atoms with E-state index in [0.717, 1.165) is 15.9 Å². The van der Waals surface area contributed by atoms with Crippen LogP contribution in [-0.2, 0) is 0 Å². The minimum Gasteiger partial charge on any atom is -0.370 e. The second-order valence-electron chi connectivity index (χ2n) is 3.90. The molecule has 0 spiro atoms. The van der Waals surface area contributed by atoms with Crippen LogP contribution in [0.3, 0.4) is 0 Å². The first-order chi connectivity index (χ1) is 8.97. The lowest BCUT2D eigenvalue weighted by Crippen LogP contribution is -2.24. The average molecular weight is 322 g/mol. The van der Waals surface area contributed by atoms with Gasteiger partial charge in [-0.25, -0.2) is 4.68 Å². The van der Waals surface area contributed by atoms with Gasteiger partial charge in [-0.2, -0.15) is 10.1 Å². The van der Waals surface area contributed by atoms with Crippen molar-refractivity contribution in [1.29, 1.82) is 0 Å². The van der Waals surface area contributed by atoms with Gasteiger partial charge in [0.05, 0.1) is 5.69 Å². The van der Waals surface area contributed by atoms with E-state index >= 15 is 0 Å². The topological polar surface area (TPSA) is 99.3 Å². The van der Waals surface area contributed by atoms with E-state index in [9.17, 15) is 4.79 Å². The van der Waals surface area contributed by atoms with Gasteiger partial charge in [0.1, 0.15) is 0 Å². The Kier molecular flexibility index (Phi) is 3.66. The van der Waals surface area contributed by atoms with Crippen LogP contribution in [0.5, 0.6) is 0 Å². The van der Waals surface area contributed by atoms with Crippen LogP contribution < -0.4 is 11.5 Å². The Bertz CT molecular complexity index is 641. The number of nitrogens with zero attached hydrogens (tertiary/aromatic N) is 3. The van der Waals surface area contributed by atoms with Crippen molar-refractivity contribution in [3.8, 4) is 5.69 Å². The van der Waals surface area contributed by atoms with Crippen LogP contribution in [0.25, 0.3) is 5.69 Å². The van der Waals surface area contributed by atoms with Gasteiger partial charge in [-0.1, -0.05) is 15.9 Å². The summed E-state index contributed by atoms with van der Waals surface area (Å²) in [6.07, 6.45) is 0. The van der Waals surface area contributed by atoms with Gasteiger partial charge in [0, 0.05) is 10.2 Å². The molecule has 0 aliphatic carbocycles. The molecule has 6 nitrogen and oxygen atoms in total. The summed E-state index contributed by atoms with van der Waals surface area (Å²) in [6.45, 7) is 1.85. The lowest BCUT2D eigenvalue weighted by Gasteiger charge is -2.03. The second kappa shape index (κ2) is 5.23. The number of guanidine groups is 1. The zero-order chi connectivity index (χ0) is 14.0. The Hall–Kier alpha value is -2.15. The number of rotatable bonds is 2. The summed E-state index contributed by atoms with van der Waals surface area (Å²) in [5.41, 5.74) is 12.2. The fourth-order valence-corrected chi connectivity index (χ4v) is 1.86. The van der Waals surface area contributed by atoms with Crippen LogP contribution in [0.1, 0.15) is 16.2 Å². The fraction of sp³-hybridized carbons (Fsp3) is 0.0833. The van der Waals surface area contributed by atoms with E-state index < -0.39 is 5.91 Å². The van der Waals surface area contributed by atoms with Crippen molar-refractivity contribution in [3.63, 3.8) is 0 Å². The smallest absolute Gasteiger partial charge is 0.300 e. The molecule has 1 aromatic heterocycles. The van der Waals surface area contributed by atoms with Crippen molar-refractivity contribution in [2.45, 2.75) is 6.92 Å². The summed E-state index contributed by atoms with van der Waals surface area (Å²) in [4.78, 5) is 15.1. The molecule has 0 unspecified atom stereocenters. The molecular weight excluding hydrogens is 310 g/mol. The number of benzene rings is 1. The minimum atomic E-state index is -0.557. The summed E-state index contributed by atoms with van der Waals surface area (Å²) < 4.78 is 2.62. The van der Waals surface area contributed by atoms with E-state index in [1.165, 1.54) is 0 Å². The molecule has 1 heterocycles. The molecule has 0 saturated carbocycles. The Balaban J connectivity index is 2.39. The van der Waals surface area contributed by atoms with E-state index in [1.807, 2.05) is 31.2 Å². The largest absolute Gasteiger partial charge is 0.370 e. The number of hydrogen-bond acceptors (Lipinski definition) is 2. The summed E-state index contributed by atoms with van der Waals surface area (Å²) >= 11 is 3.36. The molecule has 2 aromatic rings. The molecule has 0 radical (unpaired) electrons. The third-order valence-corrected chi connectivity index (χ3v) is 2.94. The zero-order valence-electron chi connectivity index (χ0n) is 10.2. The molecule has 1 aromatic carbocycles. The highest BCUT2D eigenvalue weighted by Gasteiger charge is 2.12. The number of aryl methyl sites for hydroxylation is 1. The van der Waals surface area contributed by atoms with Crippen LogP contribution >= 0.6 is 15.9 Å². The predicted octanol–water partition coefficient (Wildman–Crippen LogP) is 1.36. The Labute approximate surface area is 118 Å². The van der Waals surface area contributed by atoms with Gasteiger partial charge in [0.2, 0.25) is 0 Å². The Morgan fingerprint density at radius 2 is 1.95 bits per heavy atom. The predicted molar refractivity (Wildman–Crippen MR) is 76.1 cm³/mol. The molecule has 0 saturated heterocycles. The number of hydrogen-bond donors (Lipinski definition) is 2. The molecule has 0 atom stereocenters. The van der Waals surface area contributed by atoms with Crippen LogP contribution in [0.15, 0.2) is 39.8 Å². The maximum atomic E-state index is 11.7. The first-order valence-electron chi connectivity index (χ1n) is 5.44. The number of aliphatic imine (C=N–C) groups is 1. The number of carbonyl (C=O) groups is 1. The van der Waals surface area contributed by atoms with Crippen LogP contribution in [0.4, 0.5) is 0 Å². The summed E-state index contributed by atoms with van der Waals surface area (Å²) in [5.74, 6) is -0.834. The first kappa shape index (κ1) is 13.3. The van der Waals surface area contributed by atoms with Gasteiger partial charge in [-0.3, -0.25) is 4.79 Å². The maximum absolute atomic E-state index is 11.7. The molecule has 0 aliphatic rings. The second-order valence-corrected chi connectivity index (χ2v) is 4.82. The molecule has 7 heteroatoms. The Morgan fingerprint density at radius 3 is 2.53 bits per heavy atom. The van der Waals surface area contributed by atoms with E-state index in [-0.39, 0.29) is 11.7 Å². The Morgan fingerprint density at radius 1 is 1.32 bits per heavy atom. The van der Waals surface area contributed by atoms with Gasteiger partial charge in [-0.15, -0.1) is 0 Å². The molecule has 98 valence electrons. The van der Waals surface area contributed by atoms with Gasteiger partial charge >= 0.3 is 5.91 Å². The summed E-state index contributed by atoms with van der Waals surface area (Å²) in [5, 5.41) is 4.20. The highest BCUT2D eigenvalue weighted by Crippen LogP contribution is 2.16. The number of carbonyl (C=O) groups excluding carboxylic acids is 1. The number of nitrogens with two attached hydrogens (primary N) is 2. The molecule has 0 bridgehead atoms. The third-order valence-electron chi connectivity index (χ3n) is 2.41. The van der Waals surface area contributed by atoms with Crippen LogP contribution in [0, 0.1) is 6.92 Å². The highest BCUT2D eigenvalue weighted by atomic mass is 79.9. The number of aromatic nitrogens is 2.